The van der Waals surface area contributed by atoms with Crippen LogP contribution in [0.3, 0.4) is 0 Å². The van der Waals surface area contributed by atoms with Crippen molar-refractivity contribution in [2.45, 2.75) is 25.0 Å². The summed E-state index contributed by atoms with van der Waals surface area (Å²) in [6.45, 7) is 1.98. The molecule has 1 N–H and O–H groups in total. The SMILES string of the molecule is COc1cccc(C(=O)N(C2CCN(C)CC2)C2C=CN(c3ccccc3)N2)c1. The second kappa shape index (κ2) is 8.68. The number of ether oxygens (including phenoxy) is 1. The predicted octanol–water partition coefficient (Wildman–Crippen LogP) is 3.10. The van der Waals surface area contributed by atoms with E-state index >= 15 is 0 Å². The third kappa shape index (κ3) is 4.28. The number of methoxy groups -OCH3 is 1. The molecule has 0 aliphatic carbocycles. The molecule has 0 saturated carbocycles. The highest BCUT2D eigenvalue weighted by Gasteiger charge is 2.34. The number of hydrogen-bond acceptors (Lipinski definition) is 5. The highest BCUT2D eigenvalue weighted by Crippen LogP contribution is 2.25. The average Bonchev–Trinajstić information content (AvgIpc) is 3.25. The van der Waals surface area contributed by atoms with Crippen molar-refractivity contribution >= 4 is 11.6 Å². The Morgan fingerprint density at radius 2 is 1.86 bits per heavy atom. The first kappa shape index (κ1) is 19.5. The summed E-state index contributed by atoms with van der Waals surface area (Å²) >= 11 is 0. The first-order chi connectivity index (χ1) is 14.2. The van der Waals surface area contributed by atoms with Crippen LogP contribution in [0.5, 0.6) is 5.75 Å². The van der Waals surface area contributed by atoms with Gasteiger partial charge >= 0.3 is 0 Å². The molecule has 6 heteroatoms. The van der Waals surface area contributed by atoms with E-state index in [4.69, 9.17) is 4.74 Å². The largest absolute Gasteiger partial charge is 0.497 e. The Bertz CT molecular complexity index is 862. The summed E-state index contributed by atoms with van der Waals surface area (Å²) in [5, 5.41) is 1.98. The minimum Gasteiger partial charge on any atom is -0.497 e. The Morgan fingerprint density at radius 1 is 1.10 bits per heavy atom. The summed E-state index contributed by atoms with van der Waals surface area (Å²) in [7, 11) is 3.76. The van der Waals surface area contributed by atoms with Gasteiger partial charge in [0.25, 0.3) is 5.91 Å². The van der Waals surface area contributed by atoms with Gasteiger partial charge in [0.1, 0.15) is 11.9 Å². The molecule has 0 spiro atoms. The van der Waals surface area contributed by atoms with Crippen LogP contribution in [0.15, 0.2) is 66.9 Å². The molecule has 0 bridgehead atoms. The number of hydrazine groups is 1. The monoisotopic (exact) mass is 392 g/mol. The molecular weight excluding hydrogens is 364 g/mol. The summed E-state index contributed by atoms with van der Waals surface area (Å²) in [6, 6.07) is 17.7. The van der Waals surface area contributed by atoms with E-state index in [1.54, 1.807) is 7.11 Å². The average molecular weight is 393 g/mol. The maximum atomic E-state index is 13.6. The highest BCUT2D eigenvalue weighted by molar-refractivity contribution is 5.95. The van der Waals surface area contributed by atoms with E-state index in [-0.39, 0.29) is 18.1 Å². The number of benzene rings is 2. The molecule has 0 radical (unpaired) electrons. The van der Waals surface area contributed by atoms with Crippen LogP contribution >= 0.6 is 0 Å². The fourth-order valence-corrected chi connectivity index (χ4v) is 4.00. The van der Waals surface area contributed by atoms with Crippen LogP contribution in [0.25, 0.3) is 0 Å². The number of anilines is 1. The molecule has 6 nitrogen and oxygen atoms in total. The van der Waals surface area contributed by atoms with Gasteiger partial charge in [0.15, 0.2) is 0 Å². The van der Waals surface area contributed by atoms with Gasteiger partial charge in [0, 0.05) is 17.8 Å². The Balaban J connectivity index is 1.59. The minimum atomic E-state index is -0.192. The smallest absolute Gasteiger partial charge is 0.255 e. The van der Waals surface area contributed by atoms with E-state index in [0.29, 0.717) is 11.3 Å². The van der Waals surface area contributed by atoms with Crippen molar-refractivity contribution in [2.24, 2.45) is 0 Å². The van der Waals surface area contributed by atoms with Crippen molar-refractivity contribution in [3.8, 4) is 5.75 Å². The lowest BCUT2D eigenvalue weighted by Crippen LogP contribution is -2.56. The number of piperidine rings is 1. The number of hydrogen-bond donors (Lipinski definition) is 1. The summed E-state index contributed by atoms with van der Waals surface area (Å²) in [5.41, 5.74) is 5.17. The van der Waals surface area contributed by atoms with Gasteiger partial charge in [-0.25, -0.2) is 5.43 Å². The van der Waals surface area contributed by atoms with Crippen LogP contribution in [-0.2, 0) is 0 Å². The zero-order chi connectivity index (χ0) is 20.2. The topological polar surface area (TPSA) is 48.1 Å². The standard InChI is InChI=1S/C23H28N4O2/c1-25-14-11-20(12-15-25)27(23(28)18-7-6-10-21(17-18)29-2)22-13-16-26(24-22)19-8-4-3-5-9-19/h3-10,13,16-17,20,22,24H,11-12,14-15H2,1-2H3. The van der Waals surface area contributed by atoms with Crippen molar-refractivity contribution in [3.05, 3.63) is 72.4 Å². The lowest BCUT2D eigenvalue weighted by atomic mass is 10.0. The molecule has 0 aromatic heterocycles. The number of nitrogens with one attached hydrogen (secondary N) is 1. The molecule has 1 atom stereocenters. The Labute approximate surface area is 172 Å². The molecular formula is C23H28N4O2. The van der Waals surface area contributed by atoms with Gasteiger partial charge < -0.3 is 14.5 Å². The third-order valence-electron chi connectivity index (χ3n) is 5.66. The van der Waals surface area contributed by atoms with Crippen molar-refractivity contribution in [2.75, 3.05) is 32.3 Å². The maximum Gasteiger partial charge on any atom is 0.255 e. The number of carbonyl (C=O) groups is 1. The fourth-order valence-electron chi connectivity index (χ4n) is 4.00. The number of nitrogens with zero attached hydrogens (tertiary/aromatic N) is 3. The fraction of sp³-hybridized carbons (Fsp3) is 0.348. The highest BCUT2D eigenvalue weighted by atomic mass is 16.5. The molecule has 29 heavy (non-hydrogen) atoms. The molecule has 2 heterocycles. The molecule has 4 rings (SSSR count). The molecule has 2 aliphatic heterocycles. The Hall–Kier alpha value is -2.83. The molecule has 1 fully saturated rings. The van der Waals surface area contributed by atoms with Crippen LogP contribution in [0, 0.1) is 0 Å². The third-order valence-corrected chi connectivity index (χ3v) is 5.66. The van der Waals surface area contributed by atoms with E-state index in [1.807, 2.05) is 70.7 Å². The zero-order valence-electron chi connectivity index (χ0n) is 17.0. The summed E-state index contributed by atoms with van der Waals surface area (Å²) < 4.78 is 5.33. The molecule has 1 saturated heterocycles. The maximum absolute atomic E-state index is 13.6. The van der Waals surface area contributed by atoms with Gasteiger partial charge in [-0.15, -0.1) is 0 Å². The Kier molecular flexibility index (Phi) is 5.83. The number of amides is 1. The van der Waals surface area contributed by atoms with E-state index in [1.165, 1.54) is 0 Å². The van der Waals surface area contributed by atoms with Crippen molar-refractivity contribution in [1.82, 2.24) is 15.2 Å². The summed E-state index contributed by atoms with van der Waals surface area (Å²) in [6.07, 6.45) is 5.79. The lowest BCUT2D eigenvalue weighted by molar-refractivity contribution is 0.0486. The van der Waals surface area contributed by atoms with Gasteiger partial charge in [-0.1, -0.05) is 24.3 Å². The van der Waals surface area contributed by atoms with Crippen LogP contribution in [0.2, 0.25) is 0 Å². The quantitative estimate of drug-likeness (QED) is 0.847. The summed E-state index contributed by atoms with van der Waals surface area (Å²) in [4.78, 5) is 17.9. The van der Waals surface area contributed by atoms with E-state index in [9.17, 15) is 4.79 Å². The lowest BCUT2D eigenvalue weighted by Gasteiger charge is -2.40. The van der Waals surface area contributed by atoms with E-state index < -0.39 is 0 Å². The van der Waals surface area contributed by atoms with Gasteiger partial charge in [-0.05, 0) is 69.4 Å². The first-order valence-corrected chi connectivity index (χ1v) is 10.1. The molecule has 2 aliphatic rings. The van der Waals surface area contributed by atoms with Gasteiger partial charge in [0.2, 0.25) is 0 Å². The molecule has 2 aromatic carbocycles. The Morgan fingerprint density at radius 3 is 2.59 bits per heavy atom. The van der Waals surface area contributed by atoms with E-state index in [0.717, 1.165) is 31.6 Å². The van der Waals surface area contributed by atoms with Crippen molar-refractivity contribution in [1.29, 1.82) is 0 Å². The van der Waals surface area contributed by atoms with Crippen LogP contribution in [-0.4, -0.2) is 55.2 Å². The normalized spacial score (nSPS) is 20.1. The van der Waals surface area contributed by atoms with Gasteiger partial charge in [0.05, 0.1) is 12.8 Å². The number of likely N-dealkylation sites (tertiary alicyclic amines) is 1. The predicted molar refractivity (Wildman–Crippen MR) is 115 cm³/mol. The minimum absolute atomic E-state index is 0.0236. The molecule has 1 amide bonds. The second-order valence-electron chi connectivity index (χ2n) is 7.60. The van der Waals surface area contributed by atoms with Crippen molar-refractivity contribution < 1.29 is 9.53 Å². The summed E-state index contributed by atoms with van der Waals surface area (Å²) in [5.74, 6) is 0.718. The number of carbonyl (C=O) groups excluding carboxylic acids is 1. The molecule has 1 unspecified atom stereocenters. The van der Waals surface area contributed by atoms with E-state index in [2.05, 4.69) is 23.4 Å². The zero-order valence-corrected chi connectivity index (χ0v) is 17.0. The van der Waals surface area contributed by atoms with Gasteiger partial charge in [-0.3, -0.25) is 9.80 Å². The first-order valence-electron chi connectivity index (χ1n) is 10.1. The van der Waals surface area contributed by atoms with Crippen LogP contribution in [0.4, 0.5) is 5.69 Å². The van der Waals surface area contributed by atoms with Crippen LogP contribution in [0.1, 0.15) is 23.2 Å². The second-order valence-corrected chi connectivity index (χ2v) is 7.60. The molecule has 152 valence electrons. The van der Waals surface area contributed by atoms with Crippen molar-refractivity contribution in [3.63, 3.8) is 0 Å². The number of para-hydroxylation sites is 1. The van der Waals surface area contributed by atoms with Crippen LogP contribution < -0.4 is 15.2 Å². The number of rotatable bonds is 5. The van der Waals surface area contributed by atoms with Gasteiger partial charge in [-0.2, -0.15) is 0 Å². The molecule has 2 aromatic rings.